The highest BCUT2D eigenvalue weighted by molar-refractivity contribution is 5.34. The van der Waals surface area contributed by atoms with Crippen molar-refractivity contribution in [2.24, 2.45) is 11.7 Å². The normalized spacial score (nSPS) is 22.5. The van der Waals surface area contributed by atoms with Crippen LogP contribution in [0.15, 0.2) is 9.59 Å². The van der Waals surface area contributed by atoms with Gasteiger partial charge in [0.25, 0.3) is 5.56 Å². The zero-order valence-corrected chi connectivity index (χ0v) is 9.77. The molecule has 1 aromatic rings. The minimum atomic E-state index is -0.584. The number of hydrogen-bond acceptors (Lipinski definition) is 5. The summed E-state index contributed by atoms with van der Waals surface area (Å²) in [6, 6.07) is 0.0969. The number of piperidine rings is 1. The van der Waals surface area contributed by atoms with Gasteiger partial charge >= 0.3 is 5.69 Å². The highest BCUT2D eigenvalue weighted by Gasteiger charge is 2.25. The van der Waals surface area contributed by atoms with Crippen molar-refractivity contribution >= 4 is 5.82 Å². The third kappa shape index (κ3) is 2.55. The summed E-state index contributed by atoms with van der Waals surface area (Å²) in [7, 11) is 0. The molecule has 1 fully saturated rings. The Kier molecular flexibility index (Phi) is 3.28. The summed E-state index contributed by atoms with van der Waals surface area (Å²) in [4.78, 5) is 26.5. The van der Waals surface area contributed by atoms with E-state index in [4.69, 9.17) is 5.73 Å². The zero-order chi connectivity index (χ0) is 12.4. The van der Waals surface area contributed by atoms with E-state index < -0.39 is 11.2 Å². The molecule has 7 heteroatoms. The van der Waals surface area contributed by atoms with Gasteiger partial charge in [0.1, 0.15) is 0 Å². The van der Waals surface area contributed by atoms with Gasteiger partial charge in [0, 0.05) is 19.1 Å². The number of H-pyrrole nitrogens is 2. The molecule has 0 amide bonds. The van der Waals surface area contributed by atoms with Gasteiger partial charge in [-0.2, -0.15) is 0 Å². The van der Waals surface area contributed by atoms with Crippen molar-refractivity contribution in [2.45, 2.75) is 25.8 Å². The number of aromatic amines is 2. The molecule has 7 nitrogen and oxygen atoms in total. The van der Waals surface area contributed by atoms with Gasteiger partial charge < -0.3 is 10.6 Å². The second-order valence-electron chi connectivity index (χ2n) is 4.54. The molecule has 2 heterocycles. The van der Waals surface area contributed by atoms with Crippen LogP contribution in [-0.4, -0.2) is 34.3 Å². The Morgan fingerprint density at radius 2 is 2.29 bits per heavy atom. The molecule has 2 atom stereocenters. The van der Waals surface area contributed by atoms with Crippen LogP contribution in [0.2, 0.25) is 0 Å². The molecule has 0 aliphatic carbocycles. The van der Waals surface area contributed by atoms with Crippen LogP contribution in [0, 0.1) is 5.92 Å². The summed E-state index contributed by atoms with van der Waals surface area (Å²) >= 11 is 0. The number of nitrogens with zero attached hydrogens (tertiary/aromatic N) is 2. The maximum Gasteiger partial charge on any atom is 0.342 e. The van der Waals surface area contributed by atoms with Gasteiger partial charge in [0.15, 0.2) is 0 Å². The van der Waals surface area contributed by atoms with Gasteiger partial charge in [-0.05, 0) is 25.7 Å². The monoisotopic (exact) mass is 239 g/mol. The van der Waals surface area contributed by atoms with Crippen LogP contribution in [0.1, 0.15) is 19.8 Å². The molecule has 0 saturated carbocycles. The predicted molar refractivity (Wildman–Crippen MR) is 64.1 cm³/mol. The fraction of sp³-hybridized carbons (Fsp3) is 0.700. The molecule has 1 saturated heterocycles. The van der Waals surface area contributed by atoms with Crippen molar-refractivity contribution in [3.8, 4) is 0 Å². The molecule has 1 aromatic heterocycles. The molecule has 0 bridgehead atoms. The number of anilines is 1. The SMILES string of the molecule is CC(N)C1CCCN(c2n[nH]c(=O)[nH]c2=O)C1. The fourth-order valence-electron chi connectivity index (χ4n) is 2.19. The quantitative estimate of drug-likeness (QED) is 0.615. The van der Waals surface area contributed by atoms with Crippen LogP contribution in [0.25, 0.3) is 0 Å². The minimum Gasteiger partial charge on any atom is -0.350 e. The van der Waals surface area contributed by atoms with Gasteiger partial charge in [-0.3, -0.25) is 9.78 Å². The number of hydrogen-bond donors (Lipinski definition) is 3. The van der Waals surface area contributed by atoms with Gasteiger partial charge in [-0.15, -0.1) is 5.10 Å². The van der Waals surface area contributed by atoms with E-state index in [1.54, 1.807) is 0 Å². The molecule has 2 rings (SSSR count). The Bertz CT molecular complexity index is 492. The summed E-state index contributed by atoms with van der Waals surface area (Å²) in [5.74, 6) is 0.631. The van der Waals surface area contributed by atoms with Crippen molar-refractivity contribution in [1.29, 1.82) is 0 Å². The van der Waals surface area contributed by atoms with Crippen LogP contribution in [0.5, 0.6) is 0 Å². The van der Waals surface area contributed by atoms with Crippen molar-refractivity contribution in [1.82, 2.24) is 15.2 Å². The molecular formula is C10H17N5O2. The van der Waals surface area contributed by atoms with Crippen LogP contribution in [0.4, 0.5) is 5.82 Å². The highest BCUT2D eigenvalue weighted by Crippen LogP contribution is 2.20. The topological polar surface area (TPSA) is 108 Å². The lowest BCUT2D eigenvalue weighted by atomic mass is 9.92. The van der Waals surface area contributed by atoms with Crippen molar-refractivity contribution in [3.63, 3.8) is 0 Å². The lowest BCUT2D eigenvalue weighted by Crippen LogP contribution is -2.45. The van der Waals surface area contributed by atoms with Crippen LogP contribution in [-0.2, 0) is 0 Å². The average Bonchev–Trinajstić information content (AvgIpc) is 2.29. The number of rotatable bonds is 2. The van der Waals surface area contributed by atoms with E-state index in [1.165, 1.54) is 0 Å². The van der Waals surface area contributed by atoms with E-state index in [0.29, 0.717) is 12.5 Å². The molecule has 1 aliphatic heterocycles. The molecule has 0 aromatic carbocycles. The predicted octanol–water partition coefficient (Wildman–Crippen LogP) is -0.978. The summed E-state index contributed by atoms with van der Waals surface area (Å²) in [6.07, 6.45) is 2.04. The van der Waals surface area contributed by atoms with E-state index in [9.17, 15) is 9.59 Å². The molecule has 0 spiro atoms. The number of nitrogens with two attached hydrogens (primary N) is 1. The number of aromatic nitrogens is 3. The molecule has 0 radical (unpaired) electrons. The Morgan fingerprint density at radius 3 is 2.94 bits per heavy atom. The molecule has 17 heavy (non-hydrogen) atoms. The van der Waals surface area contributed by atoms with E-state index in [2.05, 4.69) is 15.2 Å². The Balaban J connectivity index is 2.22. The first-order valence-corrected chi connectivity index (χ1v) is 5.77. The maximum atomic E-state index is 11.6. The fourth-order valence-corrected chi connectivity index (χ4v) is 2.19. The standard InChI is InChI=1S/C10H17N5O2/c1-6(11)7-3-2-4-15(5-7)8-9(16)12-10(17)14-13-8/h6-7H,2-5,11H2,1H3,(H2,12,14,16,17). The Labute approximate surface area is 98.0 Å². The highest BCUT2D eigenvalue weighted by atomic mass is 16.2. The largest absolute Gasteiger partial charge is 0.350 e. The van der Waals surface area contributed by atoms with E-state index in [1.807, 2.05) is 11.8 Å². The van der Waals surface area contributed by atoms with Gasteiger partial charge in [-0.1, -0.05) is 0 Å². The first-order valence-electron chi connectivity index (χ1n) is 5.77. The van der Waals surface area contributed by atoms with Crippen LogP contribution in [0.3, 0.4) is 0 Å². The molecule has 1 aliphatic rings. The zero-order valence-electron chi connectivity index (χ0n) is 9.77. The van der Waals surface area contributed by atoms with E-state index in [0.717, 1.165) is 19.4 Å². The Hall–Kier alpha value is -1.63. The van der Waals surface area contributed by atoms with Gasteiger partial charge in [0.2, 0.25) is 5.82 Å². The molecule has 2 unspecified atom stereocenters. The first kappa shape index (κ1) is 11.8. The maximum absolute atomic E-state index is 11.6. The second-order valence-corrected chi connectivity index (χ2v) is 4.54. The summed E-state index contributed by atoms with van der Waals surface area (Å²) < 4.78 is 0. The summed E-state index contributed by atoms with van der Waals surface area (Å²) in [6.45, 7) is 3.45. The van der Waals surface area contributed by atoms with E-state index >= 15 is 0 Å². The van der Waals surface area contributed by atoms with Crippen LogP contribution < -0.4 is 21.9 Å². The van der Waals surface area contributed by atoms with Gasteiger partial charge in [-0.25, -0.2) is 9.89 Å². The molecule has 4 N–H and O–H groups in total. The molecule has 94 valence electrons. The van der Waals surface area contributed by atoms with Crippen molar-refractivity contribution in [3.05, 3.63) is 20.8 Å². The average molecular weight is 239 g/mol. The van der Waals surface area contributed by atoms with Crippen molar-refractivity contribution in [2.75, 3.05) is 18.0 Å². The lowest BCUT2D eigenvalue weighted by Gasteiger charge is -2.34. The third-order valence-corrected chi connectivity index (χ3v) is 3.19. The number of nitrogens with one attached hydrogen (secondary N) is 2. The minimum absolute atomic E-state index is 0.0969. The Morgan fingerprint density at radius 1 is 1.53 bits per heavy atom. The van der Waals surface area contributed by atoms with Gasteiger partial charge in [0.05, 0.1) is 0 Å². The van der Waals surface area contributed by atoms with Crippen molar-refractivity contribution < 1.29 is 0 Å². The summed E-state index contributed by atoms with van der Waals surface area (Å²) in [5.41, 5.74) is 4.85. The van der Waals surface area contributed by atoms with E-state index in [-0.39, 0.29) is 11.9 Å². The van der Waals surface area contributed by atoms with Crippen LogP contribution >= 0.6 is 0 Å². The second kappa shape index (κ2) is 4.70. The first-order chi connectivity index (χ1) is 8.08. The third-order valence-electron chi connectivity index (χ3n) is 3.19. The molecular weight excluding hydrogens is 222 g/mol. The smallest absolute Gasteiger partial charge is 0.342 e. The lowest BCUT2D eigenvalue weighted by molar-refractivity contribution is 0.362. The summed E-state index contributed by atoms with van der Waals surface area (Å²) in [5, 5.41) is 6.05.